The van der Waals surface area contributed by atoms with E-state index in [4.69, 9.17) is 5.73 Å². The van der Waals surface area contributed by atoms with E-state index in [-0.39, 0.29) is 24.1 Å². The zero-order valence-corrected chi connectivity index (χ0v) is 12.3. The number of rotatable bonds is 5. The van der Waals surface area contributed by atoms with Crippen LogP contribution in [0.25, 0.3) is 11.1 Å². The third-order valence-corrected chi connectivity index (χ3v) is 3.00. The Hall–Kier alpha value is -1.91. The molecule has 0 spiro atoms. The molecule has 0 radical (unpaired) electrons. The highest BCUT2D eigenvalue weighted by Gasteiger charge is 2.04. The van der Waals surface area contributed by atoms with Gasteiger partial charge in [0.2, 0.25) is 5.91 Å². The maximum atomic E-state index is 13.6. The molecule has 5 heteroatoms. The minimum absolute atomic E-state index is 0. The summed E-state index contributed by atoms with van der Waals surface area (Å²) in [6, 6.07) is 14.1. The summed E-state index contributed by atoms with van der Waals surface area (Å²) in [7, 11) is 0. The molecule has 0 atom stereocenters. The normalized spacial score (nSPS) is 9.81. The van der Waals surface area contributed by atoms with Crippen LogP contribution >= 0.6 is 12.4 Å². The highest BCUT2D eigenvalue weighted by molar-refractivity contribution is 5.85. The highest BCUT2D eigenvalue weighted by Crippen LogP contribution is 2.22. The van der Waals surface area contributed by atoms with Gasteiger partial charge in [-0.05, 0) is 17.2 Å². The Kier molecular flexibility index (Phi) is 6.85. The van der Waals surface area contributed by atoms with Gasteiger partial charge >= 0.3 is 0 Å². The Labute approximate surface area is 129 Å². The van der Waals surface area contributed by atoms with Crippen molar-refractivity contribution in [3.63, 3.8) is 0 Å². The lowest BCUT2D eigenvalue weighted by Gasteiger charge is -2.07. The van der Waals surface area contributed by atoms with Crippen LogP contribution in [-0.2, 0) is 11.3 Å². The second-order valence-electron chi connectivity index (χ2n) is 4.49. The van der Waals surface area contributed by atoms with Gasteiger partial charge in [0.05, 0.1) is 0 Å². The lowest BCUT2D eigenvalue weighted by atomic mass is 10.0. The van der Waals surface area contributed by atoms with Crippen molar-refractivity contribution in [2.24, 2.45) is 5.73 Å². The Balaban J connectivity index is 0.00000220. The van der Waals surface area contributed by atoms with Crippen LogP contribution in [0.2, 0.25) is 0 Å². The SMILES string of the molecule is Cl.NCCC(=O)NCc1ccc(-c2ccccc2F)cc1. The Morgan fingerprint density at radius 1 is 1.10 bits per heavy atom. The molecule has 0 saturated carbocycles. The molecule has 0 fully saturated rings. The third-order valence-electron chi connectivity index (χ3n) is 3.00. The Bertz CT molecular complexity index is 587. The van der Waals surface area contributed by atoms with E-state index >= 15 is 0 Å². The number of hydrogen-bond donors (Lipinski definition) is 2. The molecule has 0 aliphatic carbocycles. The molecule has 3 nitrogen and oxygen atoms in total. The first kappa shape index (κ1) is 17.1. The van der Waals surface area contributed by atoms with E-state index in [9.17, 15) is 9.18 Å². The number of nitrogens with two attached hydrogens (primary N) is 1. The van der Waals surface area contributed by atoms with Crippen molar-refractivity contribution >= 4 is 18.3 Å². The first-order valence-electron chi connectivity index (χ1n) is 6.51. The molecule has 0 unspecified atom stereocenters. The zero-order chi connectivity index (χ0) is 14.4. The molecule has 3 N–H and O–H groups in total. The van der Waals surface area contributed by atoms with E-state index in [1.807, 2.05) is 24.3 Å². The summed E-state index contributed by atoms with van der Waals surface area (Å²) in [5.41, 5.74) is 7.66. The number of carbonyl (C=O) groups is 1. The van der Waals surface area contributed by atoms with Crippen LogP contribution in [-0.4, -0.2) is 12.5 Å². The monoisotopic (exact) mass is 308 g/mol. The van der Waals surface area contributed by atoms with Crippen molar-refractivity contribution in [2.75, 3.05) is 6.54 Å². The van der Waals surface area contributed by atoms with E-state index in [0.717, 1.165) is 11.1 Å². The van der Waals surface area contributed by atoms with E-state index < -0.39 is 0 Å². The van der Waals surface area contributed by atoms with Crippen LogP contribution in [0.1, 0.15) is 12.0 Å². The van der Waals surface area contributed by atoms with Gasteiger partial charge in [0.15, 0.2) is 0 Å². The second-order valence-corrected chi connectivity index (χ2v) is 4.49. The summed E-state index contributed by atoms with van der Waals surface area (Å²) in [6.07, 6.45) is 0.327. The van der Waals surface area contributed by atoms with Gasteiger partial charge in [-0.15, -0.1) is 12.4 Å². The van der Waals surface area contributed by atoms with Crippen LogP contribution in [0.5, 0.6) is 0 Å². The molecular weight excluding hydrogens is 291 g/mol. The smallest absolute Gasteiger partial charge is 0.221 e. The first-order chi connectivity index (χ1) is 9.70. The van der Waals surface area contributed by atoms with E-state index in [2.05, 4.69) is 5.32 Å². The fraction of sp³-hybridized carbons (Fsp3) is 0.188. The van der Waals surface area contributed by atoms with Gasteiger partial charge in [-0.1, -0.05) is 42.5 Å². The molecule has 21 heavy (non-hydrogen) atoms. The van der Waals surface area contributed by atoms with E-state index in [1.165, 1.54) is 6.07 Å². The van der Waals surface area contributed by atoms with Gasteiger partial charge in [-0.25, -0.2) is 4.39 Å². The number of amides is 1. The van der Waals surface area contributed by atoms with Crippen molar-refractivity contribution in [1.29, 1.82) is 0 Å². The summed E-state index contributed by atoms with van der Waals surface area (Å²) in [5, 5.41) is 2.78. The van der Waals surface area contributed by atoms with Gasteiger partial charge in [0.25, 0.3) is 0 Å². The average molecular weight is 309 g/mol. The number of carbonyl (C=O) groups excluding carboxylic acids is 1. The maximum absolute atomic E-state index is 13.6. The molecule has 0 saturated heterocycles. The van der Waals surface area contributed by atoms with Crippen molar-refractivity contribution < 1.29 is 9.18 Å². The fourth-order valence-electron chi connectivity index (χ4n) is 1.92. The van der Waals surface area contributed by atoms with Crippen LogP contribution in [0.15, 0.2) is 48.5 Å². The minimum Gasteiger partial charge on any atom is -0.352 e. The number of hydrogen-bond acceptors (Lipinski definition) is 2. The highest BCUT2D eigenvalue weighted by atomic mass is 35.5. The van der Waals surface area contributed by atoms with Crippen LogP contribution in [0.4, 0.5) is 4.39 Å². The summed E-state index contributed by atoms with van der Waals surface area (Å²) >= 11 is 0. The van der Waals surface area contributed by atoms with Crippen LogP contribution < -0.4 is 11.1 Å². The maximum Gasteiger partial charge on any atom is 0.221 e. The Morgan fingerprint density at radius 2 is 1.76 bits per heavy atom. The van der Waals surface area contributed by atoms with Gasteiger partial charge in [-0.2, -0.15) is 0 Å². The van der Waals surface area contributed by atoms with Gasteiger partial charge in [0.1, 0.15) is 5.82 Å². The molecule has 0 aliphatic rings. The summed E-state index contributed by atoms with van der Waals surface area (Å²) in [4.78, 5) is 11.3. The molecule has 0 aromatic heterocycles. The Morgan fingerprint density at radius 3 is 2.38 bits per heavy atom. The molecule has 112 valence electrons. The summed E-state index contributed by atoms with van der Waals surface area (Å²) in [5.74, 6) is -0.304. The van der Waals surface area contributed by atoms with Crippen LogP contribution in [0, 0.1) is 5.82 Å². The molecule has 0 heterocycles. The van der Waals surface area contributed by atoms with Crippen molar-refractivity contribution in [3.05, 3.63) is 59.9 Å². The quantitative estimate of drug-likeness (QED) is 0.892. The molecule has 2 aromatic carbocycles. The van der Waals surface area contributed by atoms with Crippen molar-refractivity contribution in [3.8, 4) is 11.1 Å². The molecule has 2 rings (SSSR count). The average Bonchev–Trinajstić information content (AvgIpc) is 2.47. The molecule has 0 bridgehead atoms. The molecular formula is C16H18ClFN2O. The molecule has 0 aliphatic heterocycles. The standard InChI is InChI=1S/C16H17FN2O.ClH/c17-15-4-2-1-3-14(15)13-7-5-12(6-8-13)11-19-16(20)9-10-18;/h1-8H,9-11,18H2,(H,19,20);1H. The first-order valence-corrected chi connectivity index (χ1v) is 6.51. The lowest BCUT2D eigenvalue weighted by Crippen LogP contribution is -2.24. The number of nitrogens with one attached hydrogen (secondary N) is 1. The van der Waals surface area contributed by atoms with Gasteiger partial charge in [0, 0.05) is 25.1 Å². The zero-order valence-electron chi connectivity index (χ0n) is 11.5. The third kappa shape index (κ3) is 4.85. The minimum atomic E-state index is -0.239. The topological polar surface area (TPSA) is 55.1 Å². The molecule has 2 aromatic rings. The molecule has 1 amide bonds. The predicted octanol–water partition coefficient (Wildman–Crippen LogP) is 2.88. The van der Waals surface area contributed by atoms with Gasteiger partial charge < -0.3 is 11.1 Å². The lowest BCUT2D eigenvalue weighted by molar-refractivity contribution is -0.121. The van der Waals surface area contributed by atoms with E-state index in [0.29, 0.717) is 25.1 Å². The summed E-state index contributed by atoms with van der Waals surface area (Å²) < 4.78 is 13.6. The predicted molar refractivity (Wildman–Crippen MR) is 84.6 cm³/mol. The van der Waals surface area contributed by atoms with Gasteiger partial charge in [-0.3, -0.25) is 4.79 Å². The largest absolute Gasteiger partial charge is 0.352 e. The van der Waals surface area contributed by atoms with Crippen molar-refractivity contribution in [2.45, 2.75) is 13.0 Å². The van der Waals surface area contributed by atoms with E-state index in [1.54, 1.807) is 18.2 Å². The fourth-order valence-corrected chi connectivity index (χ4v) is 1.92. The van der Waals surface area contributed by atoms with Crippen LogP contribution in [0.3, 0.4) is 0 Å². The van der Waals surface area contributed by atoms with Crippen molar-refractivity contribution in [1.82, 2.24) is 5.32 Å². The number of halogens is 2. The second kappa shape index (κ2) is 8.39. The number of benzene rings is 2. The summed E-state index contributed by atoms with van der Waals surface area (Å²) in [6.45, 7) is 0.800.